The van der Waals surface area contributed by atoms with E-state index in [9.17, 15) is 0 Å². The van der Waals surface area contributed by atoms with Crippen molar-refractivity contribution in [2.75, 3.05) is 13.2 Å². The van der Waals surface area contributed by atoms with Gasteiger partial charge in [0.2, 0.25) is 0 Å². The van der Waals surface area contributed by atoms with E-state index in [1.807, 2.05) is 0 Å². The lowest BCUT2D eigenvalue weighted by atomic mass is 10.2. The Morgan fingerprint density at radius 3 is 1.04 bits per heavy atom. The highest BCUT2D eigenvalue weighted by molar-refractivity contribution is 6.92. The minimum atomic E-state index is -1.42. The Labute approximate surface area is 151 Å². The zero-order valence-electron chi connectivity index (χ0n) is 17.8. The molecule has 0 radical (unpaired) electrons. The molecule has 0 aromatic rings. The van der Waals surface area contributed by atoms with E-state index in [-0.39, 0.29) is 0 Å². The summed E-state index contributed by atoms with van der Waals surface area (Å²) in [6.45, 7) is 26.2. The van der Waals surface area contributed by atoms with Gasteiger partial charge in [-0.05, 0) is 56.8 Å². The number of hydrogen-bond donors (Lipinski definition) is 0. The molecular formula is C17H44O2Si4. The molecule has 0 saturated heterocycles. The van der Waals surface area contributed by atoms with Gasteiger partial charge in [0, 0.05) is 29.4 Å². The molecule has 6 heteroatoms. The molecule has 0 amide bonds. The first-order valence-electron chi connectivity index (χ1n) is 9.40. The van der Waals surface area contributed by atoms with Gasteiger partial charge in [0.15, 0.2) is 16.6 Å². The van der Waals surface area contributed by atoms with Gasteiger partial charge in [0.25, 0.3) is 0 Å². The molecule has 0 rings (SSSR count). The molecule has 0 atom stereocenters. The fourth-order valence-corrected chi connectivity index (χ4v) is 26.4. The SMILES string of the molecule is C[Si](C)(C)C[Si](C)(C)OCCCCCO[Si](C)(C)C[Si](C)(C)C. The monoisotopic (exact) mass is 392 g/mol. The highest BCUT2D eigenvalue weighted by Crippen LogP contribution is 2.22. The maximum absolute atomic E-state index is 6.27. The minimum Gasteiger partial charge on any atom is -0.418 e. The van der Waals surface area contributed by atoms with Crippen LogP contribution in [-0.2, 0) is 8.85 Å². The molecule has 0 aromatic carbocycles. The second kappa shape index (κ2) is 9.48. The van der Waals surface area contributed by atoms with Crippen LogP contribution in [0.15, 0.2) is 0 Å². The lowest BCUT2D eigenvalue weighted by molar-refractivity contribution is 0.272. The van der Waals surface area contributed by atoms with Gasteiger partial charge in [-0.2, -0.15) is 0 Å². The first-order chi connectivity index (χ1) is 10.1. The molecule has 23 heavy (non-hydrogen) atoms. The van der Waals surface area contributed by atoms with Crippen LogP contribution in [0, 0.1) is 0 Å². The number of hydrogen-bond acceptors (Lipinski definition) is 2. The van der Waals surface area contributed by atoms with Gasteiger partial charge < -0.3 is 8.85 Å². The molecule has 0 aromatic heterocycles. The van der Waals surface area contributed by atoms with Crippen molar-refractivity contribution in [1.82, 2.24) is 0 Å². The number of rotatable bonds is 12. The molecule has 0 bridgehead atoms. The Bertz CT molecular complexity index is 298. The van der Waals surface area contributed by atoms with Crippen molar-refractivity contribution in [3.63, 3.8) is 0 Å². The van der Waals surface area contributed by atoms with Crippen LogP contribution in [-0.4, -0.2) is 46.0 Å². The van der Waals surface area contributed by atoms with Crippen LogP contribution >= 0.6 is 0 Å². The predicted molar refractivity (Wildman–Crippen MR) is 117 cm³/mol. The molecule has 0 heterocycles. The van der Waals surface area contributed by atoms with Gasteiger partial charge in [0.05, 0.1) is 0 Å². The lowest BCUT2D eigenvalue weighted by Crippen LogP contribution is -2.40. The summed E-state index contributed by atoms with van der Waals surface area (Å²) >= 11 is 0. The smallest absolute Gasteiger partial charge is 0.184 e. The Kier molecular flexibility index (Phi) is 9.80. The van der Waals surface area contributed by atoms with E-state index in [4.69, 9.17) is 8.85 Å². The summed E-state index contributed by atoms with van der Waals surface area (Å²) in [5.41, 5.74) is 2.75. The van der Waals surface area contributed by atoms with Gasteiger partial charge >= 0.3 is 0 Å². The molecular weight excluding hydrogens is 349 g/mol. The molecule has 0 aliphatic carbocycles. The Morgan fingerprint density at radius 1 is 0.478 bits per heavy atom. The summed E-state index contributed by atoms with van der Waals surface area (Å²) in [4.78, 5) is 0. The van der Waals surface area contributed by atoms with Crippen molar-refractivity contribution < 1.29 is 8.85 Å². The van der Waals surface area contributed by atoms with Crippen LogP contribution in [0.1, 0.15) is 19.3 Å². The first kappa shape index (κ1) is 23.8. The van der Waals surface area contributed by atoms with Crippen molar-refractivity contribution >= 4 is 32.8 Å². The second-order valence-electron chi connectivity index (χ2n) is 10.8. The minimum absolute atomic E-state index is 0.958. The van der Waals surface area contributed by atoms with E-state index in [1.54, 1.807) is 0 Å². The molecule has 0 fully saturated rings. The second-order valence-corrected chi connectivity index (χ2v) is 31.4. The topological polar surface area (TPSA) is 18.5 Å². The van der Waals surface area contributed by atoms with Crippen LogP contribution in [0.5, 0.6) is 0 Å². The van der Waals surface area contributed by atoms with E-state index in [0.717, 1.165) is 13.2 Å². The van der Waals surface area contributed by atoms with Gasteiger partial charge in [-0.25, -0.2) is 0 Å². The Morgan fingerprint density at radius 2 is 0.783 bits per heavy atom. The van der Waals surface area contributed by atoms with E-state index < -0.39 is 32.8 Å². The molecule has 0 aliphatic rings. The van der Waals surface area contributed by atoms with E-state index in [1.165, 1.54) is 30.6 Å². The zero-order valence-corrected chi connectivity index (χ0v) is 21.8. The summed E-state index contributed by atoms with van der Waals surface area (Å²) in [6.07, 6.45) is 3.64. The van der Waals surface area contributed by atoms with Crippen LogP contribution < -0.4 is 0 Å². The standard InChI is InChI=1S/C17H44O2Si4/c1-20(2,3)16-22(7,8)18-14-12-11-13-15-19-23(9,10)17-21(4,5)6/h11-17H2,1-10H3. The van der Waals surface area contributed by atoms with E-state index in [2.05, 4.69) is 65.5 Å². The summed E-state index contributed by atoms with van der Waals surface area (Å²) < 4.78 is 12.5. The van der Waals surface area contributed by atoms with Gasteiger partial charge in [-0.3, -0.25) is 0 Å². The molecule has 140 valence electrons. The van der Waals surface area contributed by atoms with Crippen LogP contribution in [0.3, 0.4) is 0 Å². The fraction of sp³-hybridized carbons (Fsp3) is 1.00. The molecule has 0 N–H and O–H groups in total. The molecule has 0 spiro atoms. The van der Waals surface area contributed by atoms with Crippen molar-refractivity contribution in [2.45, 2.75) is 96.1 Å². The number of unbranched alkanes of at least 4 members (excludes halogenated alkanes) is 2. The quantitative estimate of drug-likeness (QED) is 0.284. The Hall–Kier alpha value is 0.788. The summed E-state index contributed by atoms with van der Waals surface area (Å²) in [5.74, 6) is 0. The average molecular weight is 393 g/mol. The van der Waals surface area contributed by atoms with E-state index >= 15 is 0 Å². The van der Waals surface area contributed by atoms with Crippen LogP contribution in [0.4, 0.5) is 0 Å². The van der Waals surface area contributed by atoms with Gasteiger partial charge in [0.1, 0.15) is 0 Å². The normalized spacial score (nSPS) is 14.3. The predicted octanol–water partition coefficient (Wildman–Crippen LogP) is 6.35. The van der Waals surface area contributed by atoms with E-state index in [0.29, 0.717) is 0 Å². The highest BCUT2D eigenvalue weighted by Gasteiger charge is 2.31. The largest absolute Gasteiger partial charge is 0.418 e. The summed E-state index contributed by atoms with van der Waals surface area (Å²) in [5, 5.41) is 0. The maximum atomic E-state index is 6.27. The molecule has 0 saturated carbocycles. The first-order valence-corrected chi connectivity index (χ1v) is 23.0. The third kappa shape index (κ3) is 16.0. The average Bonchev–Trinajstić information content (AvgIpc) is 2.20. The zero-order chi connectivity index (χ0) is 18.4. The third-order valence-electron chi connectivity index (χ3n) is 3.69. The van der Waals surface area contributed by atoms with Gasteiger partial charge in [-0.15, -0.1) is 0 Å². The third-order valence-corrected chi connectivity index (χ3v) is 21.0. The molecule has 0 aliphatic heterocycles. The molecule has 2 nitrogen and oxygen atoms in total. The van der Waals surface area contributed by atoms with Crippen LogP contribution in [0.25, 0.3) is 0 Å². The van der Waals surface area contributed by atoms with Crippen molar-refractivity contribution in [2.24, 2.45) is 0 Å². The van der Waals surface area contributed by atoms with Crippen LogP contribution in [0.2, 0.25) is 76.8 Å². The lowest BCUT2D eigenvalue weighted by Gasteiger charge is -2.30. The summed E-state index contributed by atoms with van der Waals surface area (Å²) in [6, 6.07) is 0. The van der Waals surface area contributed by atoms with Crippen molar-refractivity contribution in [1.29, 1.82) is 0 Å². The van der Waals surface area contributed by atoms with Gasteiger partial charge in [-0.1, -0.05) is 39.3 Å². The maximum Gasteiger partial charge on any atom is 0.184 e. The summed E-state index contributed by atoms with van der Waals surface area (Å²) in [7, 11) is -4.82. The highest BCUT2D eigenvalue weighted by atomic mass is 28.4. The van der Waals surface area contributed by atoms with Crippen molar-refractivity contribution in [3.8, 4) is 0 Å². The fourth-order valence-electron chi connectivity index (χ4n) is 3.73. The molecule has 0 unspecified atom stereocenters. The van der Waals surface area contributed by atoms with Crippen molar-refractivity contribution in [3.05, 3.63) is 0 Å². The Balaban J connectivity index is 3.78.